The summed E-state index contributed by atoms with van der Waals surface area (Å²) in [7, 11) is 3.95. The van der Waals surface area contributed by atoms with E-state index in [-0.39, 0.29) is 35.5 Å². The zero-order valence-electron chi connectivity index (χ0n) is 14.7. The number of imide groups is 1. The molecule has 1 aliphatic heterocycles. The van der Waals surface area contributed by atoms with Gasteiger partial charge in [0.1, 0.15) is 0 Å². The van der Waals surface area contributed by atoms with Crippen LogP contribution in [0.2, 0.25) is 0 Å². The van der Waals surface area contributed by atoms with Gasteiger partial charge in [-0.3, -0.25) is 9.59 Å². The van der Waals surface area contributed by atoms with E-state index in [4.69, 9.17) is 0 Å². The lowest BCUT2D eigenvalue weighted by Gasteiger charge is -2.37. The topological polar surface area (TPSA) is 53.0 Å². The standard InChI is InChI=1S/C20H20BrN3O2/c1-23(2)16-6-3-10(7-15(16)21)9-22-24-19(25)17-11-4-5-12(14-8-13(11)14)18(17)20(24)26/h3-7,9,11-14,17-18H,8H2,1-2H3/b22-9-/t11-,12-,13-,14+,17-,18-/m1/s1. The van der Waals surface area contributed by atoms with E-state index >= 15 is 0 Å². The fourth-order valence-corrected chi connectivity index (χ4v) is 5.90. The monoisotopic (exact) mass is 413 g/mol. The van der Waals surface area contributed by atoms with Crippen molar-refractivity contribution in [2.45, 2.75) is 6.42 Å². The average molecular weight is 414 g/mol. The molecule has 2 saturated carbocycles. The molecule has 2 bridgehead atoms. The second-order valence-corrected chi connectivity index (χ2v) is 8.85. The van der Waals surface area contributed by atoms with Crippen molar-refractivity contribution in [1.82, 2.24) is 5.01 Å². The summed E-state index contributed by atoms with van der Waals surface area (Å²) in [4.78, 5) is 27.8. The minimum absolute atomic E-state index is 0.120. The van der Waals surface area contributed by atoms with Crippen molar-refractivity contribution in [1.29, 1.82) is 0 Å². The zero-order valence-corrected chi connectivity index (χ0v) is 16.3. The van der Waals surface area contributed by atoms with E-state index < -0.39 is 0 Å². The van der Waals surface area contributed by atoms with Gasteiger partial charge in [-0.05, 0) is 63.7 Å². The van der Waals surface area contributed by atoms with Gasteiger partial charge in [0.15, 0.2) is 0 Å². The predicted octanol–water partition coefficient (Wildman–Crippen LogP) is 2.90. The predicted molar refractivity (Wildman–Crippen MR) is 103 cm³/mol. The summed E-state index contributed by atoms with van der Waals surface area (Å²) >= 11 is 3.55. The summed E-state index contributed by atoms with van der Waals surface area (Å²) in [6.45, 7) is 0. The van der Waals surface area contributed by atoms with Crippen molar-refractivity contribution in [3.63, 3.8) is 0 Å². The molecule has 134 valence electrons. The number of halogens is 1. The summed E-state index contributed by atoms with van der Waals surface area (Å²) in [5, 5.41) is 5.40. The molecule has 6 rings (SSSR count). The van der Waals surface area contributed by atoms with Crippen LogP contribution in [0.3, 0.4) is 0 Å². The van der Waals surface area contributed by atoms with Crippen LogP contribution in [0.25, 0.3) is 0 Å². The third kappa shape index (κ3) is 2.17. The lowest BCUT2D eigenvalue weighted by atomic mass is 9.63. The maximum atomic E-state index is 12.9. The number of carbonyl (C=O) groups excluding carboxylic acids is 2. The molecule has 0 spiro atoms. The Hall–Kier alpha value is -1.95. The molecule has 0 N–H and O–H groups in total. The average Bonchev–Trinajstić information content (AvgIpc) is 3.39. The van der Waals surface area contributed by atoms with Gasteiger partial charge in [0.05, 0.1) is 23.7 Å². The molecular weight excluding hydrogens is 394 g/mol. The van der Waals surface area contributed by atoms with Crippen LogP contribution in [-0.4, -0.2) is 37.1 Å². The summed E-state index contributed by atoms with van der Waals surface area (Å²) < 4.78 is 0.946. The summed E-state index contributed by atoms with van der Waals surface area (Å²) in [6, 6.07) is 5.86. The fraction of sp³-hybridized carbons (Fsp3) is 0.450. The Morgan fingerprint density at radius 3 is 2.27 bits per heavy atom. The van der Waals surface area contributed by atoms with Gasteiger partial charge < -0.3 is 4.90 Å². The number of amides is 2. The normalized spacial score (nSPS) is 36.7. The second kappa shape index (κ2) is 5.52. The number of benzene rings is 1. The van der Waals surface area contributed by atoms with Gasteiger partial charge in [0.2, 0.25) is 0 Å². The van der Waals surface area contributed by atoms with E-state index in [9.17, 15) is 9.59 Å². The first kappa shape index (κ1) is 16.2. The van der Waals surface area contributed by atoms with Crippen LogP contribution in [-0.2, 0) is 9.59 Å². The molecule has 4 aliphatic carbocycles. The SMILES string of the molecule is CN(C)c1ccc(/C=N\N2C(=O)[C@@H]3[C@@H]4C=C[C@H]([C@@H]5C[C@H]45)[C@H]3C2=O)cc1Br. The van der Waals surface area contributed by atoms with E-state index in [1.54, 1.807) is 6.21 Å². The molecule has 26 heavy (non-hydrogen) atoms. The molecule has 1 aromatic rings. The number of anilines is 1. The van der Waals surface area contributed by atoms with E-state index in [1.165, 1.54) is 6.42 Å². The number of hydrogen-bond acceptors (Lipinski definition) is 4. The molecule has 6 heteroatoms. The summed E-state index contributed by atoms with van der Waals surface area (Å²) in [5.74, 6) is 1.07. The van der Waals surface area contributed by atoms with Crippen LogP contribution in [0.1, 0.15) is 12.0 Å². The minimum atomic E-state index is -0.193. The van der Waals surface area contributed by atoms with Crippen LogP contribution in [0.5, 0.6) is 0 Å². The third-order valence-corrected chi connectivity index (χ3v) is 7.05. The van der Waals surface area contributed by atoms with Gasteiger partial charge in [-0.25, -0.2) is 0 Å². The summed E-state index contributed by atoms with van der Waals surface area (Å²) in [6.07, 6.45) is 7.13. The Morgan fingerprint density at radius 2 is 1.73 bits per heavy atom. The van der Waals surface area contributed by atoms with Gasteiger partial charge in [0, 0.05) is 18.6 Å². The molecule has 1 heterocycles. The van der Waals surface area contributed by atoms with Crippen molar-refractivity contribution in [3.8, 4) is 0 Å². The molecule has 0 aromatic heterocycles. The van der Waals surface area contributed by atoms with Crippen molar-refractivity contribution in [3.05, 3.63) is 40.4 Å². The molecular formula is C20H20BrN3O2. The fourth-order valence-electron chi connectivity index (χ4n) is 5.15. The highest BCUT2D eigenvalue weighted by Gasteiger charge is 2.67. The lowest BCUT2D eigenvalue weighted by Crippen LogP contribution is -2.40. The van der Waals surface area contributed by atoms with Gasteiger partial charge in [-0.2, -0.15) is 10.1 Å². The van der Waals surface area contributed by atoms with Gasteiger partial charge >= 0.3 is 0 Å². The first-order valence-electron chi connectivity index (χ1n) is 9.04. The van der Waals surface area contributed by atoms with Crippen molar-refractivity contribution < 1.29 is 9.59 Å². The van der Waals surface area contributed by atoms with E-state index in [0.29, 0.717) is 11.8 Å². The largest absolute Gasteiger partial charge is 0.377 e. The molecule has 1 saturated heterocycles. The maximum Gasteiger partial charge on any atom is 0.254 e. The smallest absolute Gasteiger partial charge is 0.254 e. The van der Waals surface area contributed by atoms with Gasteiger partial charge in [-0.15, -0.1) is 0 Å². The summed E-state index contributed by atoms with van der Waals surface area (Å²) in [5.41, 5.74) is 1.91. The number of hydrogen-bond donors (Lipinski definition) is 0. The molecule has 6 atom stereocenters. The molecule has 5 nitrogen and oxygen atoms in total. The van der Waals surface area contributed by atoms with Crippen molar-refractivity contribution >= 4 is 39.6 Å². The Morgan fingerprint density at radius 1 is 1.12 bits per heavy atom. The van der Waals surface area contributed by atoms with Crippen LogP contribution in [0.15, 0.2) is 39.9 Å². The highest BCUT2D eigenvalue weighted by molar-refractivity contribution is 9.10. The van der Waals surface area contributed by atoms with E-state index in [1.807, 2.05) is 37.2 Å². The Labute approximate surface area is 160 Å². The molecule has 2 amide bonds. The molecule has 1 aromatic carbocycles. The van der Waals surface area contributed by atoms with Crippen molar-refractivity contribution in [2.24, 2.45) is 40.6 Å². The van der Waals surface area contributed by atoms with Crippen molar-refractivity contribution in [2.75, 3.05) is 19.0 Å². The zero-order chi connectivity index (χ0) is 18.2. The quantitative estimate of drug-likeness (QED) is 0.434. The lowest BCUT2D eigenvalue weighted by molar-refractivity contribution is -0.140. The maximum absolute atomic E-state index is 12.9. The highest BCUT2D eigenvalue weighted by Crippen LogP contribution is 2.65. The first-order chi connectivity index (χ1) is 12.5. The molecule has 0 unspecified atom stereocenters. The van der Waals surface area contributed by atoms with E-state index in [0.717, 1.165) is 20.7 Å². The van der Waals surface area contributed by atoms with Gasteiger partial charge in [-0.1, -0.05) is 18.2 Å². The highest BCUT2D eigenvalue weighted by atomic mass is 79.9. The van der Waals surface area contributed by atoms with Crippen LogP contribution in [0, 0.1) is 35.5 Å². The number of rotatable bonds is 3. The first-order valence-corrected chi connectivity index (χ1v) is 9.83. The number of carbonyl (C=O) groups is 2. The number of hydrazone groups is 1. The Bertz CT molecular complexity index is 842. The number of nitrogens with zero attached hydrogens (tertiary/aromatic N) is 3. The van der Waals surface area contributed by atoms with E-state index in [2.05, 4.69) is 33.2 Å². The Kier molecular flexibility index (Phi) is 3.45. The molecule has 5 aliphatic rings. The molecule has 3 fully saturated rings. The minimum Gasteiger partial charge on any atom is -0.377 e. The second-order valence-electron chi connectivity index (χ2n) is 7.99. The number of allylic oxidation sites excluding steroid dienone is 2. The third-order valence-electron chi connectivity index (χ3n) is 6.42. The Balaban J connectivity index is 1.40. The van der Waals surface area contributed by atoms with Gasteiger partial charge in [0.25, 0.3) is 11.8 Å². The molecule has 0 radical (unpaired) electrons. The van der Waals surface area contributed by atoms with Crippen LogP contribution < -0.4 is 4.90 Å². The van der Waals surface area contributed by atoms with Crippen LogP contribution in [0.4, 0.5) is 5.69 Å². The van der Waals surface area contributed by atoms with Crippen LogP contribution >= 0.6 is 15.9 Å².